The average molecular weight is 404 g/mol. The summed E-state index contributed by atoms with van der Waals surface area (Å²) in [5.74, 6) is -0.948. The van der Waals surface area contributed by atoms with Crippen molar-refractivity contribution in [1.29, 1.82) is 0 Å². The first-order valence-electron chi connectivity index (χ1n) is 7.97. The van der Waals surface area contributed by atoms with Gasteiger partial charge in [-0.1, -0.05) is 6.07 Å². The predicted octanol–water partition coefficient (Wildman–Crippen LogP) is 2.45. The fourth-order valence-electron chi connectivity index (χ4n) is 2.43. The number of nitrogens with zero attached hydrogens (tertiary/aromatic N) is 2. The molecule has 10 heteroatoms. The number of anilines is 2. The molecule has 3 rings (SSSR count). The molecule has 0 spiro atoms. The molecule has 2 amide bonds. The van der Waals surface area contributed by atoms with Gasteiger partial charge in [0, 0.05) is 24.7 Å². The van der Waals surface area contributed by atoms with Crippen LogP contribution in [-0.4, -0.2) is 34.7 Å². The number of sulfone groups is 1. The van der Waals surface area contributed by atoms with E-state index in [1.807, 2.05) is 0 Å². The lowest BCUT2D eigenvalue weighted by Gasteiger charge is -2.08. The smallest absolute Gasteiger partial charge is 0.225 e. The van der Waals surface area contributed by atoms with Gasteiger partial charge >= 0.3 is 0 Å². The van der Waals surface area contributed by atoms with Gasteiger partial charge in [0.1, 0.15) is 11.0 Å². The summed E-state index contributed by atoms with van der Waals surface area (Å²) in [5, 5.41) is 5.26. The lowest BCUT2D eigenvalue weighted by molar-refractivity contribution is -0.116. The minimum Gasteiger partial charge on any atom is -0.326 e. The van der Waals surface area contributed by atoms with Crippen LogP contribution < -0.4 is 10.6 Å². The number of nitrogens with one attached hydrogen (secondary N) is 2. The van der Waals surface area contributed by atoms with Gasteiger partial charge in [0.2, 0.25) is 11.8 Å². The molecule has 0 radical (unpaired) electrons. The zero-order chi connectivity index (χ0) is 19.4. The van der Waals surface area contributed by atoms with E-state index in [0.717, 1.165) is 11.7 Å². The molecule has 0 saturated heterocycles. The molecule has 0 aliphatic carbocycles. The standard InChI is InChI=1S/C17H16N4O4S2/c1-11(22)18-12-5-7-13(8-6-12)19-16(23)9-10-27(24,25)15-4-2-3-14-17(15)21-26-20-14/h2-8H,9-10H2,1H3,(H,18,22)(H,19,23). The third-order valence-corrected chi connectivity index (χ3v) is 5.95. The highest BCUT2D eigenvalue weighted by molar-refractivity contribution is 7.91. The lowest BCUT2D eigenvalue weighted by Crippen LogP contribution is -2.17. The zero-order valence-electron chi connectivity index (χ0n) is 14.3. The van der Waals surface area contributed by atoms with E-state index in [-0.39, 0.29) is 23.0 Å². The van der Waals surface area contributed by atoms with E-state index < -0.39 is 15.7 Å². The van der Waals surface area contributed by atoms with Crippen molar-refractivity contribution in [2.75, 3.05) is 16.4 Å². The van der Waals surface area contributed by atoms with Crippen LogP contribution in [0.15, 0.2) is 47.4 Å². The molecule has 1 aromatic heterocycles. The Bertz CT molecular complexity index is 1090. The number of aromatic nitrogens is 2. The SMILES string of the molecule is CC(=O)Nc1ccc(NC(=O)CCS(=O)(=O)c2cccc3nsnc23)cc1. The normalized spacial score (nSPS) is 11.3. The second-order valence-electron chi connectivity index (χ2n) is 5.76. The van der Waals surface area contributed by atoms with Crippen molar-refractivity contribution in [3.63, 3.8) is 0 Å². The fourth-order valence-corrected chi connectivity index (χ4v) is 4.45. The minimum atomic E-state index is -3.67. The Hall–Kier alpha value is -2.85. The molecule has 3 aromatic rings. The van der Waals surface area contributed by atoms with Crippen LogP contribution in [0.4, 0.5) is 11.4 Å². The molecule has 0 aliphatic heterocycles. The van der Waals surface area contributed by atoms with Crippen LogP contribution in [0.2, 0.25) is 0 Å². The molecule has 27 heavy (non-hydrogen) atoms. The van der Waals surface area contributed by atoms with Gasteiger partial charge in [-0.3, -0.25) is 9.59 Å². The van der Waals surface area contributed by atoms with Crippen molar-refractivity contribution >= 4 is 55.8 Å². The van der Waals surface area contributed by atoms with Gasteiger partial charge in [-0.25, -0.2) is 8.42 Å². The summed E-state index contributed by atoms with van der Waals surface area (Å²) in [6, 6.07) is 11.3. The summed E-state index contributed by atoms with van der Waals surface area (Å²) in [5.41, 5.74) is 1.96. The quantitative estimate of drug-likeness (QED) is 0.651. The Labute approximate surface area is 159 Å². The summed E-state index contributed by atoms with van der Waals surface area (Å²) in [4.78, 5) is 23.2. The Kier molecular flexibility index (Phi) is 5.47. The lowest BCUT2D eigenvalue weighted by atomic mass is 10.2. The maximum Gasteiger partial charge on any atom is 0.225 e. The van der Waals surface area contributed by atoms with Crippen LogP contribution in [-0.2, 0) is 19.4 Å². The van der Waals surface area contributed by atoms with E-state index in [0.29, 0.717) is 22.4 Å². The Morgan fingerprint density at radius 1 is 1.00 bits per heavy atom. The highest BCUT2D eigenvalue weighted by Crippen LogP contribution is 2.22. The Balaban J connectivity index is 1.63. The largest absolute Gasteiger partial charge is 0.326 e. The molecule has 2 aromatic carbocycles. The summed E-state index contributed by atoms with van der Waals surface area (Å²) >= 11 is 0.944. The summed E-state index contributed by atoms with van der Waals surface area (Å²) in [6.45, 7) is 1.40. The highest BCUT2D eigenvalue weighted by Gasteiger charge is 2.21. The Morgan fingerprint density at radius 2 is 1.67 bits per heavy atom. The van der Waals surface area contributed by atoms with Crippen molar-refractivity contribution in [2.24, 2.45) is 0 Å². The first-order valence-corrected chi connectivity index (χ1v) is 10.3. The first kappa shape index (κ1) is 18.9. The van der Waals surface area contributed by atoms with Crippen LogP contribution in [0, 0.1) is 0 Å². The maximum atomic E-state index is 12.6. The molecule has 8 nitrogen and oxygen atoms in total. The van der Waals surface area contributed by atoms with Crippen molar-refractivity contribution in [3.8, 4) is 0 Å². The van der Waals surface area contributed by atoms with Gasteiger partial charge in [0.15, 0.2) is 9.84 Å². The second-order valence-corrected chi connectivity index (χ2v) is 8.37. The molecule has 0 atom stereocenters. The molecule has 140 valence electrons. The number of benzene rings is 2. The van der Waals surface area contributed by atoms with Gasteiger partial charge in [-0.05, 0) is 36.4 Å². The summed E-state index contributed by atoms with van der Waals surface area (Å²) < 4.78 is 33.2. The van der Waals surface area contributed by atoms with Gasteiger partial charge < -0.3 is 10.6 Å². The molecule has 0 unspecified atom stereocenters. The van der Waals surface area contributed by atoms with Gasteiger partial charge in [-0.2, -0.15) is 8.75 Å². The number of carbonyl (C=O) groups is 2. The molecule has 0 saturated carbocycles. The number of hydrogen-bond donors (Lipinski definition) is 2. The van der Waals surface area contributed by atoms with E-state index in [4.69, 9.17) is 0 Å². The van der Waals surface area contributed by atoms with E-state index in [1.165, 1.54) is 13.0 Å². The van der Waals surface area contributed by atoms with Crippen molar-refractivity contribution in [2.45, 2.75) is 18.2 Å². The average Bonchev–Trinajstić information content (AvgIpc) is 3.10. The van der Waals surface area contributed by atoms with Crippen LogP contribution in [0.5, 0.6) is 0 Å². The van der Waals surface area contributed by atoms with E-state index in [2.05, 4.69) is 19.4 Å². The van der Waals surface area contributed by atoms with E-state index in [1.54, 1.807) is 36.4 Å². The summed E-state index contributed by atoms with van der Waals surface area (Å²) in [7, 11) is -3.67. The molecule has 0 fully saturated rings. The fraction of sp³-hybridized carbons (Fsp3) is 0.176. The molecule has 1 heterocycles. The van der Waals surface area contributed by atoms with Crippen LogP contribution in [0.1, 0.15) is 13.3 Å². The maximum absolute atomic E-state index is 12.6. The Morgan fingerprint density at radius 3 is 2.33 bits per heavy atom. The van der Waals surface area contributed by atoms with E-state index in [9.17, 15) is 18.0 Å². The summed E-state index contributed by atoms with van der Waals surface area (Å²) in [6.07, 6.45) is -0.191. The van der Waals surface area contributed by atoms with Gasteiger partial charge in [0.05, 0.1) is 22.4 Å². The molecule has 0 bridgehead atoms. The number of fused-ring (bicyclic) bond motifs is 1. The predicted molar refractivity (Wildman–Crippen MR) is 103 cm³/mol. The zero-order valence-corrected chi connectivity index (χ0v) is 15.9. The molecule has 2 N–H and O–H groups in total. The number of hydrogen-bond acceptors (Lipinski definition) is 7. The monoisotopic (exact) mass is 404 g/mol. The second kappa shape index (κ2) is 7.80. The van der Waals surface area contributed by atoms with Crippen LogP contribution >= 0.6 is 11.7 Å². The highest BCUT2D eigenvalue weighted by atomic mass is 32.2. The molecular weight excluding hydrogens is 388 g/mol. The minimum absolute atomic E-state index is 0.0845. The number of carbonyl (C=O) groups excluding carboxylic acids is 2. The van der Waals surface area contributed by atoms with Gasteiger partial charge in [-0.15, -0.1) is 0 Å². The number of amides is 2. The van der Waals surface area contributed by atoms with Gasteiger partial charge in [0.25, 0.3) is 0 Å². The third-order valence-electron chi connectivity index (χ3n) is 3.67. The molecular formula is C17H16N4O4S2. The third kappa shape index (κ3) is 4.66. The number of rotatable bonds is 6. The van der Waals surface area contributed by atoms with Crippen molar-refractivity contribution in [1.82, 2.24) is 8.75 Å². The van der Waals surface area contributed by atoms with Crippen molar-refractivity contribution < 1.29 is 18.0 Å². The van der Waals surface area contributed by atoms with Crippen LogP contribution in [0.25, 0.3) is 11.0 Å². The molecule has 0 aliphatic rings. The van der Waals surface area contributed by atoms with Crippen LogP contribution in [0.3, 0.4) is 0 Å². The van der Waals surface area contributed by atoms with E-state index >= 15 is 0 Å². The topological polar surface area (TPSA) is 118 Å². The van der Waals surface area contributed by atoms with Crippen molar-refractivity contribution in [3.05, 3.63) is 42.5 Å². The first-order chi connectivity index (χ1) is 12.8.